The number of hydrogen-bond acceptors (Lipinski definition) is 3. The Kier molecular flexibility index (Phi) is 4.54. The van der Waals surface area contributed by atoms with E-state index in [9.17, 15) is 0 Å². The van der Waals surface area contributed by atoms with Crippen LogP contribution in [0.25, 0.3) is 0 Å². The predicted molar refractivity (Wildman–Crippen MR) is 111 cm³/mol. The van der Waals surface area contributed by atoms with Crippen LogP contribution in [-0.2, 0) is 10.3 Å². The van der Waals surface area contributed by atoms with Crippen molar-refractivity contribution in [2.75, 3.05) is 5.06 Å². The zero-order chi connectivity index (χ0) is 18.9. The van der Waals surface area contributed by atoms with Gasteiger partial charge in [-0.2, -0.15) is 0 Å². The normalized spacial score (nSPS) is 17.1. The molecule has 3 aromatic rings. The molecule has 1 atom stereocenters. The van der Waals surface area contributed by atoms with Crippen LogP contribution in [-0.4, -0.2) is 5.84 Å². The number of hydroxylamine groups is 1. The van der Waals surface area contributed by atoms with E-state index in [1.807, 2.05) is 53.6 Å². The Balaban J connectivity index is 1.71. The Bertz CT molecular complexity index is 926. The molecule has 1 heterocycles. The van der Waals surface area contributed by atoms with Crippen LogP contribution in [0.3, 0.4) is 0 Å². The van der Waals surface area contributed by atoms with Crippen molar-refractivity contribution in [2.45, 2.75) is 32.4 Å². The van der Waals surface area contributed by atoms with Crippen LogP contribution >= 0.6 is 0 Å². The summed E-state index contributed by atoms with van der Waals surface area (Å²) < 4.78 is 0. The molecule has 1 unspecified atom stereocenters. The monoisotopic (exact) mass is 356 g/mol. The molecule has 27 heavy (non-hydrogen) atoms. The largest absolute Gasteiger partial charge is 0.235 e. The van der Waals surface area contributed by atoms with Gasteiger partial charge in [0.15, 0.2) is 5.84 Å². The lowest BCUT2D eigenvalue weighted by Crippen LogP contribution is -2.27. The molecule has 0 bridgehead atoms. The zero-order valence-electron chi connectivity index (χ0n) is 16.0. The molecule has 1 aliphatic heterocycles. The second-order valence-electron chi connectivity index (χ2n) is 7.78. The molecule has 0 saturated heterocycles. The average Bonchev–Trinajstić information content (AvgIpc) is 3.14. The Morgan fingerprint density at radius 3 is 1.96 bits per heavy atom. The second-order valence-corrected chi connectivity index (χ2v) is 7.78. The lowest BCUT2D eigenvalue weighted by molar-refractivity contribution is 0.0869. The van der Waals surface area contributed by atoms with Crippen molar-refractivity contribution in [3.63, 3.8) is 0 Å². The topological polar surface area (TPSA) is 24.8 Å². The molecular formula is C24H24N2O. The number of aliphatic imine (C=N–C) groups is 1. The first-order valence-corrected chi connectivity index (χ1v) is 9.28. The summed E-state index contributed by atoms with van der Waals surface area (Å²) in [5.74, 6) is 0.827. The van der Waals surface area contributed by atoms with Crippen molar-refractivity contribution in [3.8, 4) is 0 Å². The molecule has 0 N–H and O–H groups in total. The third-order valence-corrected chi connectivity index (χ3v) is 4.72. The Morgan fingerprint density at radius 1 is 0.778 bits per heavy atom. The molecule has 3 aromatic carbocycles. The van der Waals surface area contributed by atoms with Gasteiger partial charge in [-0.15, -0.1) is 0 Å². The smallest absolute Gasteiger partial charge is 0.203 e. The molecule has 3 nitrogen and oxygen atoms in total. The van der Waals surface area contributed by atoms with Gasteiger partial charge < -0.3 is 0 Å². The first-order chi connectivity index (χ1) is 13.0. The molecule has 3 heteroatoms. The molecule has 0 fully saturated rings. The van der Waals surface area contributed by atoms with Gasteiger partial charge in [0.1, 0.15) is 0 Å². The number of rotatable bonds is 3. The molecule has 0 spiro atoms. The van der Waals surface area contributed by atoms with Crippen molar-refractivity contribution < 1.29 is 4.84 Å². The quantitative estimate of drug-likeness (QED) is 0.585. The van der Waals surface area contributed by atoms with Crippen molar-refractivity contribution in [3.05, 3.63) is 102 Å². The van der Waals surface area contributed by atoms with E-state index in [2.05, 4.69) is 57.2 Å². The predicted octanol–water partition coefficient (Wildman–Crippen LogP) is 5.88. The minimum atomic E-state index is -0.344. The van der Waals surface area contributed by atoms with Gasteiger partial charge in [0.05, 0.1) is 5.69 Å². The SMILES string of the molecule is CC(C)(C)c1ccc(N2OC(c3ccccc3)N=C2c2ccccc2)cc1. The highest BCUT2D eigenvalue weighted by atomic mass is 16.7. The van der Waals surface area contributed by atoms with Crippen molar-refractivity contribution in [1.29, 1.82) is 0 Å². The molecule has 0 saturated carbocycles. The van der Waals surface area contributed by atoms with Gasteiger partial charge >= 0.3 is 0 Å². The lowest BCUT2D eigenvalue weighted by Gasteiger charge is -2.23. The average molecular weight is 356 g/mol. The van der Waals surface area contributed by atoms with Gasteiger partial charge in [-0.3, -0.25) is 0 Å². The first kappa shape index (κ1) is 17.5. The van der Waals surface area contributed by atoms with E-state index >= 15 is 0 Å². The fourth-order valence-electron chi connectivity index (χ4n) is 3.15. The highest BCUT2D eigenvalue weighted by molar-refractivity contribution is 6.09. The summed E-state index contributed by atoms with van der Waals surface area (Å²) in [6.45, 7) is 6.66. The van der Waals surface area contributed by atoms with Crippen LogP contribution < -0.4 is 5.06 Å². The minimum absolute atomic E-state index is 0.118. The van der Waals surface area contributed by atoms with Gasteiger partial charge in [-0.05, 0) is 23.1 Å². The summed E-state index contributed by atoms with van der Waals surface area (Å²) in [5.41, 5.74) is 4.47. The summed E-state index contributed by atoms with van der Waals surface area (Å²) in [6.07, 6.45) is -0.344. The molecule has 0 radical (unpaired) electrons. The van der Waals surface area contributed by atoms with E-state index in [1.165, 1.54) is 5.56 Å². The van der Waals surface area contributed by atoms with Crippen LogP contribution in [0.4, 0.5) is 5.69 Å². The fourth-order valence-corrected chi connectivity index (χ4v) is 3.15. The van der Waals surface area contributed by atoms with Crippen LogP contribution in [0, 0.1) is 0 Å². The first-order valence-electron chi connectivity index (χ1n) is 9.28. The molecule has 4 rings (SSSR count). The van der Waals surface area contributed by atoms with E-state index in [0.29, 0.717) is 0 Å². The Labute approximate surface area is 160 Å². The molecular weight excluding hydrogens is 332 g/mol. The third kappa shape index (κ3) is 3.64. The van der Waals surface area contributed by atoms with Gasteiger partial charge in [-0.25, -0.2) is 14.9 Å². The van der Waals surface area contributed by atoms with Crippen molar-refractivity contribution >= 4 is 11.5 Å². The summed E-state index contributed by atoms with van der Waals surface area (Å²) in [6, 6.07) is 28.8. The van der Waals surface area contributed by atoms with Gasteiger partial charge in [0.2, 0.25) is 6.23 Å². The standard InChI is InChI=1S/C24H24N2O/c1-24(2,3)20-14-16-21(17-15-20)26-22(18-10-6-4-7-11-18)25-23(27-26)19-12-8-5-9-13-19/h4-17,23H,1-3H3. The molecule has 136 valence electrons. The molecule has 0 aliphatic carbocycles. The second kappa shape index (κ2) is 7.01. The maximum atomic E-state index is 6.26. The number of amidine groups is 1. The lowest BCUT2D eigenvalue weighted by atomic mass is 9.87. The van der Waals surface area contributed by atoms with Gasteiger partial charge in [0.25, 0.3) is 0 Å². The van der Waals surface area contributed by atoms with Gasteiger partial charge in [0, 0.05) is 11.1 Å². The number of anilines is 1. The Hall–Kier alpha value is -2.91. The van der Waals surface area contributed by atoms with E-state index in [0.717, 1.165) is 22.6 Å². The van der Waals surface area contributed by atoms with E-state index in [-0.39, 0.29) is 11.6 Å². The summed E-state index contributed by atoms with van der Waals surface area (Å²) in [4.78, 5) is 11.1. The number of benzene rings is 3. The number of hydrogen-bond donors (Lipinski definition) is 0. The summed E-state index contributed by atoms with van der Waals surface area (Å²) in [7, 11) is 0. The third-order valence-electron chi connectivity index (χ3n) is 4.72. The number of nitrogens with zero attached hydrogens (tertiary/aromatic N) is 2. The van der Waals surface area contributed by atoms with Crippen LogP contribution in [0.2, 0.25) is 0 Å². The van der Waals surface area contributed by atoms with Gasteiger partial charge in [-0.1, -0.05) is 93.6 Å². The molecule has 1 aliphatic rings. The highest BCUT2D eigenvalue weighted by Gasteiger charge is 2.30. The van der Waals surface area contributed by atoms with E-state index in [4.69, 9.17) is 9.83 Å². The molecule has 0 amide bonds. The van der Waals surface area contributed by atoms with Crippen molar-refractivity contribution in [1.82, 2.24) is 0 Å². The van der Waals surface area contributed by atoms with E-state index in [1.54, 1.807) is 0 Å². The van der Waals surface area contributed by atoms with Crippen LogP contribution in [0.15, 0.2) is 89.9 Å². The zero-order valence-corrected chi connectivity index (χ0v) is 16.0. The van der Waals surface area contributed by atoms with Crippen molar-refractivity contribution in [2.24, 2.45) is 4.99 Å². The van der Waals surface area contributed by atoms with E-state index < -0.39 is 0 Å². The van der Waals surface area contributed by atoms with Crippen LogP contribution in [0.5, 0.6) is 0 Å². The summed E-state index contributed by atoms with van der Waals surface area (Å²) in [5, 5.41) is 1.85. The van der Waals surface area contributed by atoms with Crippen LogP contribution in [0.1, 0.15) is 43.7 Å². The summed E-state index contributed by atoms with van der Waals surface area (Å²) >= 11 is 0. The fraction of sp³-hybridized carbons (Fsp3) is 0.208. The maximum absolute atomic E-state index is 6.26. The minimum Gasteiger partial charge on any atom is -0.235 e. The molecule has 0 aromatic heterocycles. The maximum Gasteiger partial charge on any atom is 0.203 e. The Morgan fingerprint density at radius 2 is 1.37 bits per heavy atom. The highest BCUT2D eigenvalue weighted by Crippen LogP contribution is 2.33.